The molecule has 2 aromatic rings. The third-order valence-electron chi connectivity index (χ3n) is 4.85. The molecule has 0 N–H and O–H groups in total. The summed E-state index contributed by atoms with van der Waals surface area (Å²) in [6.45, 7) is 6.01. The second-order valence-electron chi connectivity index (χ2n) is 6.56. The minimum atomic E-state index is 0.799. The quantitative estimate of drug-likeness (QED) is 0.751. The van der Waals surface area contributed by atoms with Gasteiger partial charge in [-0.3, -0.25) is 4.90 Å². The lowest BCUT2D eigenvalue weighted by Gasteiger charge is -2.36. The lowest BCUT2D eigenvalue weighted by atomic mass is 10.2. The summed E-state index contributed by atoms with van der Waals surface area (Å²) in [5, 5.41) is 0. The number of nitrogens with zero attached hydrogens (tertiary/aromatic N) is 6. The second kappa shape index (κ2) is 8.69. The molecule has 4 rings (SSSR count). The van der Waals surface area contributed by atoms with Crippen molar-refractivity contribution < 1.29 is 4.74 Å². The van der Waals surface area contributed by atoms with Crippen LogP contribution in [0.2, 0.25) is 0 Å². The highest BCUT2D eigenvalue weighted by Gasteiger charge is 2.20. The number of piperazine rings is 1. The maximum absolute atomic E-state index is 5.19. The largest absolute Gasteiger partial charge is 0.383 e. The van der Waals surface area contributed by atoms with Crippen molar-refractivity contribution in [3.8, 4) is 0 Å². The summed E-state index contributed by atoms with van der Waals surface area (Å²) in [6.07, 6.45) is 9.30. The third-order valence-corrected chi connectivity index (χ3v) is 5.91. The van der Waals surface area contributed by atoms with Gasteiger partial charge in [0.25, 0.3) is 0 Å². The van der Waals surface area contributed by atoms with Crippen LogP contribution in [0.5, 0.6) is 0 Å². The molecule has 142 valence electrons. The Morgan fingerprint density at radius 2 is 1.96 bits per heavy atom. The first-order chi connectivity index (χ1) is 13.3. The van der Waals surface area contributed by atoms with Crippen molar-refractivity contribution in [3.05, 3.63) is 48.8 Å². The van der Waals surface area contributed by atoms with Crippen LogP contribution < -0.4 is 9.80 Å². The van der Waals surface area contributed by atoms with Crippen LogP contribution in [0.15, 0.2) is 43.3 Å². The Morgan fingerprint density at radius 3 is 2.74 bits per heavy atom. The normalized spacial score (nSPS) is 18.0. The van der Waals surface area contributed by atoms with Gasteiger partial charge in [-0.05, 0) is 6.07 Å². The number of methoxy groups -OCH3 is 1. The Hall–Kier alpha value is -2.16. The van der Waals surface area contributed by atoms with Crippen LogP contribution in [0.1, 0.15) is 5.56 Å². The summed E-state index contributed by atoms with van der Waals surface area (Å²) < 4.78 is 5.19. The first-order valence-electron chi connectivity index (χ1n) is 9.12. The molecule has 0 atom stereocenters. The summed E-state index contributed by atoms with van der Waals surface area (Å²) in [4.78, 5) is 21.1. The van der Waals surface area contributed by atoms with Crippen LogP contribution in [-0.2, 0) is 4.74 Å². The van der Waals surface area contributed by atoms with Crippen molar-refractivity contribution in [3.63, 3.8) is 0 Å². The third kappa shape index (κ3) is 4.40. The van der Waals surface area contributed by atoms with Crippen LogP contribution in [0.3, 0.4) is 0 Å². The highest BCUT2D eigenvalue weighted by atomic mass is 32.2. The van der Waals surface area contributed by atoms with Crippen molar-refractivity contribution >= 4 is 28.2 Å². The monoisotopic (exact) mass is 384 g/mol. The van der Waals surface area contributed by atoms with Gasteiger partial charge >= 0.3 is 0 Å². The van der Waals surface area contributed by atoms with Crippen molar-refractivity contribution in [2.24, 2.45) is 0 Å². The highest BCUT2D eigenvalue weighted by molar-refractivity contribution is 8.08. The summed E-state index contributed by atoms with van der Waals surface area (Å²) in [6, 6.07) is 4.29. The maximum Gasteiger partial charge on any atom is 0.135 e. The summed E-state index contributed by atoms with van der Waals surface area (Å²) in [7, 11) is 1.76. The predicted molar refractivity (Wildman–Crippen MR) is 110 cm³/mol. The Bertz CT molecular complexity index is 779. The first kappa shape index (κ1) is 18.2. The molecule has 2 aliphatic heterocycles. The number of thioether (sulfide) groups is 1. The second-order valence-corrected chi connectivity index (χ2v) is 7.54. The molecule has 27 heavy (non-hydrogen) atoms. The molecule has 0 saturated carbocycles. The van der Waals surface area contributed by atoms with E-state index in [0.717, 1.165) is 56.6 Å². The van der Waals surface area contributed by atoms with E-state index in [9.17, 15) is 0 Å². The molecule has 1 fully saturated rings. The molecule has 8 heteroatoms. The van der Waals surface area contributed by atoms with Crippen LogP contribution in [-0.4, -0.2) is 72.2 Å². The van der Waals surface area contributed by atoms with Gasteiger partial charge in [0, 0.05) is 86.8 Å². The minimum absolute atomic E-state index is 0.799. The molecule has 4 heterocycles. The van der Waals surface area contributed by atoms with Gasteiger partial charge in [-0.25, -0.2) is 15.0 Å². The zero-order valence-corrected chi connectivity index (χ0v) is 16.3. The van der Waals surface area contributed by atoms with Crippen molar-refractivity contribution in [2.45, 2.75) is 0 Å². The summed E-state index contributed by atoms with van der Waals surface area (Å²) in [5.41, 5.74) is 2.29. The molecule has 0 aliphatic carbocycles. The van der Waals surface area contributed by atoms with Crippen LogP contribution in [0.25, 0.3) is 4.91 Å². The standard InChI is InChI=1S/C19H24N6OS/c1-26-9-8-23-4-6-24(7-5-23)17-2-3-22-19(10-17)25-13-18(27-15-25)16-11-20-14-21-12-16/h2-3,10-14H,4-9,15H2,1H3. The zero-order valence-electron chi connectivity index (χ0n) is 15.5. The summed E-state index contributed by atoms with van der Waals surface area (Å²) >= 11 is 1.78. The number of pyridine rings is 1. The lowest BCUT2D eigenvalue weighted by molar-refractivity contribution is 0.144. The van der Waals surface area contributed by atoms with Gasteiger partial charge in [-0.15, -0.1) is 11.8 Å². The SMILES string of the molecule is COCCN1CCN(c2ccnc(N3C=C(c4cncnc4)SC3)c2)CC1. The predicted octanol–water partition coefficient (Wildman–Crippen LogP) is 2.15. The van der Waals surface area contributed by atoms with Gasteiger partial charge < -0.3 is 14.5 Å². The van der Waals surface area contributed by atoms with Gasteiger partial charge in [-0.2, -0.15) is 0 Å². The fourth-order valence-electron chi connectivity index (χ4n) is 3.28. The van der Waals surface area contributed by atoms with E-state index >= 15 is 0 Å². The molecule has 0 radical (unpaired) electrons. The molecule has 7 nitrogen and oxygen atoms in total. The highest BCUT2D eigenvalue weighted by Crippen LogP contribution is 2.36. The van der Waals surface area contributed by atoms with E-state index in [2.05, 4.69) is 48.0 Å². The summed E-state index contributed by atoms with van der Waals surface area (Å²) in [5.74, 6) is 1.83. The molecule has 0 amide bonds. The lowest BCUT2D eigenvalue weighted by Crippen LogP contribution is -2.47. The average molecular weight is 385 g/mol. The van der Waals surface area contributed by atoms with Crippen molar-refractivity contribution in [2.75, 3.05) is 62.1 Å². The van der Waals surface area contributed by atoms with Gasteiger partial charge in [0.15, 0.2) is 0 Å². The molecule has 2 aliphatic rings. The first-order valence-corrected chi connectivity index (χ1v) is 10.1. The minimum Gasteiger partial charge on any atom is -0.383 e. The number of rotatable bonds is 6. The molecule has 1 saturated heterocycles. The molecule has 0 bridgehead atoms. The van der Waals surface area contributed by atoms with E-state index in [1.165, 1.54) is 10.6 Å². The molecule has 0 aromatic carbocycles. The fourth-order valence-corrected chi connectivity index (χ4v) is 4.24. The number of ether oxygens (including phenoxy) is 1. The molecular formula is C19H24N6OS. The van der Waals surface area contributed by atoms with E-state index in [4.69, 9.17) is 4.74 Å². The van der Waals surface area contributed by atoms with Gasteiger partial charge in [0.2, 0.25) is 0 Å². The average Bonchev–Trinajstić information content (AvgIpc) is 3.24. The van der Waals surface area contributed by atoms with Gasteiger partial charge in [0.05, 0.1) is 12.5 Å². The molecule has 2 aromatic heterocycles. The van der Waals surface area contributed by atoms with Crippen LogP contribution in [0.4, 0.5) is 11.5 Å². The Balaban J connectivity index is 1.42. The Morgan fingerprint density at radius 1 is 1.15 bits per heavy atom. The molecular weight excluding hydrogens is 360 g/mol. The van der Waals surface area contributed by atoms with Crippen LogP contribution >= 0.6 is 11.8 Å². The van der Waals surface area contributed by atoms with Crippen molar-refractivity contribution in [1.82, 2.24) is 19.9 Å². The fraction of sp³-hybridized carbons (Fsp3) is 0.421. The Labute approximate surface area is 164 Å². The van der Waals surface area contributed by atoms with Crippen LogP contribution in [0, 0.1) is 0 Å². The number of hydrogen-bond acceptors (Lipinski definition) is 8. The van der Waals surface area contributed by atoms with Gasteiger partial charge in [0.1, 0.15) is 12.1 Å². The van der Waals surface area contributed by atoms with E-state index in [1.54, 1.807) is 25.2 Å². The van der Waals surface area contributed by atoms with Gasteiger partial charge in [-0.1, -0.05) is 0 Å². The number of anilines is 2. The number of hydrogen-bond donors (Lipinski definition) is 0. The van der Waals surface area contributed by atoms with Crippen molar-refractivity contribution in [1.29, 1.82) is 0 Å². The zero-order chi connectivity index (χ0) is 18.5. The Kier molecular flexibility index (Phi) is 5.86. The molecule has 0 unspecified atom stereocenters. The topological polar surface area (TPSA) is 57.6 Å². The molecule has 0 spiro atoms. The van der Waals surface area contributed by atoms with E-state index < -0.39 is 0 Å². The number of aromatic nitrogens is 3. The van der Waals surface area contributed by atoms with E-state index in [-0.39, 0.29) is 0 Å². The smallest absolute Gasteiger partial charge is 0.135 e. The maximum atomic E-state index is 5.19. The van der Waals surface area contributed by atoms with E-state index in [1.807, 2.05) is 18.6 Å². The van der Waals surface area contributed by atoms with E-state index in [0.29, 0.717) is 0 Å².